The van der Waals surface area contributed by atoms with Crippen LogP contribution in [0.3, 0.4) is 0 Å². The van der Waals surface area contributed by atoms with Crippen molar-refractivity contribution >= 4 is 0 Å². The standard InChI is InChI=1S/C14H22N2O/c1-3-10-6-7-13(17-2)11(9-10)14(15)12-5-4-8-16-12/h6-7,9,12,14,16H,3-5,8,15H2,1-2H3. The lowest BCUT2D eigenvalue weighted by Gasteiger charge is -2.22. The number of hydrogen-bond donors (Lipinski definition) is 2. The van der Waals surface area contributed by atoms with Crippen LogP contribution in [0.5, 0.6) is 5.75 Å². The SMILES string of the molecule is CCc1ccc(OC)c(C(N)C2CCCN2)c1. The fraction of sp³-hybridized carbons (Fsp3) is 0.571. The Morgan fingerprint density at radius 1 is 1.53 bits per heavy atom. The number of rotatable bonds is 4. The van der Waals surface area contributed by atoms with Gasteiger partial charge in [0, 0.05) is 17.6 Å². The highest BCUT2D eigenvalue weighted by Crippen LogP contribution is 2.29. The van der Waals surface area contributed by atoms with Gasteiger partial charge in [0.15, 0.2) is 0 Å². The molecule has 0 saturated carbocycles. The largest absolute Gasteiger partial charge is 0.496 e. The first-order chi connectivity index (χ1) is 8.26. The van der Waals surface area contributed by atoms with Crippen LogP contribution in [0.1, 0.15) is 36.9 Å². The van der Waals surface area contributed by atoms with E-state index in [-0.39, 0.29) is 6.04 Å². The molecule has 94 valence electrons. The van der Waals surface area contributed by atoms with E-state index in [0.717, 1.165) is 30.7 Å². The minimum absolute atomic E-state index is 0.0268. The average Bonchev–Trinajstić information content (AvgIpc) is 2.91. The Morgan fingerprint density at radius 3 is 2.94 bits per heavy atom. The maximum absolute atomic E-state index is 6.36. The number of methoxy groups -OCH3 is 1. The molecule has 0 bridgehead atoms. The van der Waals surface area contributed by atoms with E-state index in [1.165, 1.54) is 12.0 Å². The van der Waals surface area contributed by atoms with Crippen LogP contribution in [0, 0.1) is 0 Å². The van der Waals surface area contributed by atoms with Gasteiger partial charge < -0.3 is 15.8 Å². The lowest BCUT2D eigenvalue weighted by atomic mass is 9.96. The minimum atomic E-state index is 0.0268. The Bertz CT molecular complexity index is 372. The van der Waals surface area contributed by atoms with Gasteiger partial charge in [-0.05, 0) is 37.4 Å². The monoisotopic (exact) mass is 234 g/mol. The molecule has 0 spiro atoms. The molecule has 1 saturated heterocycles. The summed E-state index contributed by atoms with van der Waals surface area (Å²) in [6, 6.07) is 6.74. The number of ether oxygens (including phenoxy) is 1. The van der Waals surface area contributed by atoms with Crippen molar-refractivity contribution in [2.24, 2.45) is 5.73 Å². The Kier molecular flexibility index (Phi) is 4.02. The third-order valence-corrected chi connectivity index (χ3v) is 3.59. The molecule has 1 aromatic carbocycles. The normalized spacial score (nSPS) is 21.5. The van der Waals surface area contributed by atoms with E-state index in [1.54, 1.807) is 7.11 Å². The highest BCUT2D eigenvalue weighted by atomic mass is 16.5. The summed E-state index contributed by atoms with van der Waals surface area (Å²) in [4.78, 5) is 0. The molecule has 3 nitrogen and oxygen atoms in total. The van der Waals surface area contributed by atoms with E-state index in [2.05, 4.69) is 24.4 Å². The Labute approximate surface area is 103 Å². The fourth-order valence-corrected chi connectivity index (χ4v) is 2.50. The second-order valence-corrected chi connectivity index (χ2v) is 4.66. The van der Waals surface area contributed by atoms with Crippen molar-refractivity contribution in [1.82, 2.24) is 5.32 Å². The third kappa shape index (κ3) is 2.61. The molecule has 2 atom stereocenters. The van der Waals surface area contributed by atoms with Gasteiger partial charge in [0.25, 0.3) is 0 Å². The van der Waals surface area contributed by atoms with Crippen LogP contribution >= 0.6 is 0 Å². The molecule has 17 heavy (non-hydrogen) atoms. The van der Waals surface area contributed by atoms with Gasteiger partial charge in [-0.25, -0.2) is 0 Å². The second kappa shape index (κ2) is 5.52. The number of aryl methyl sites for hydroxylation is 1. The minimum Gasteiger partial charge on any atom is -0.496 e. The molecule has 2 unspecified atom stereocenters. The number of nitrogens with two attached hydrogens (primary N) is 1. The van der Waals surface area contributed by atoms with E-state index in [9.17, 15) is 0 Å². The maximum Gasteiger partial charge on any atom is 0.123 e. The van der Waals surface area contributed by atoms with Gasteiger partial charge in [-0.1, -0.05) is 19.1 Å². The molecule has 1 heterocycles. The molecule has 0 radical (unpaired) electrons. The van der Waals surface area contributed by atoms with Crippen molar-refractivity contribution < 1.29 is 4.74 Å². The predicted molar refractivity (Wildman–Crippen MR) is 70.3 cm³/mol. The first-order valence-electron chi connectivity index (χ1n) is 6.42. The molecule has 3 heteroatoms. The summed E-state index contributed by atoms with van der Waals surface area (Å²) in [6.45, 7) is 3.24. The van der Waals surface area contributed by atoms with Crippen LogP contribution in [0.2, 0.25) is 0 Å². The van der Waals surface area contributed by atoms with Gasteiger partial charge >= 0.3 is 0 Å². The quantitative estimate of drug-likeness (QED) is 0.837. The van der Waals surface area contributed by atoms with Crippen molar-refractivity contribution in [3.8, 4) is 5.75 Å². The summed E-state index contributed by atoms with van der Waals surface area (Å²) in [5.74, 6) is 0.906. The summed E-state index contributed by atoms with van der Waals surface area (Å²) < 4.78 is 5.42. The van der Waals surface area contributed by atoms with Gasteiger partial charge in [-0.3, -0.25) is 0 Å². The highest BCUT2D eigenvalue weighted by Gasteiger charge is 2.25. The van der Waals surface area contributed by atoms with Gasteiger partial charge in [0.05, 0.1) is 7.11 Å². The highest BCUT2D eigenvalue weighted by molar-refractivity contribution is 5.40. The Balaban J connectivity index is 2.27. The lowest BCUT2D eigenvalue weighted by molar-refractivity contribution is 0.396. The summed E-state index contributed by atoms with van der Waals surface area (Å²) in [5.41, 5.74) is 8.80. The van der Waals surface area contributed by atoms with Gasteiger partial charge in [0.2, 0.25) is 0 Å². The third-order valence-electron chi connectivity index (χ3n) is 3.59. The molecule has 1 aliphatic rings. The summed E-state index contributed by atoms with van der Waals surface area (Å²) >= 11 is 0. The molecule has 3 N–H and O–H groups in total. The zero-order valence-corrected chi connectivity index (χ0v) is 10.7. The zero-order chi connectivity index (χ0) is 12.3. The Morgan fingerprint density at radius 2 is 2.35 bits per heavy atom. The van der Waals surface area contributed by atoms with Gasteiger partial charge in [-0.15, -0.1) is 0 Å². The van der Waals surface area contributed by atoms with E-state index in [0.29, 0.717) is 6.04 Å². The number of nitrogens with one attached hydrogen (secondary N) is 1. The number of benzene rings is 1. The van der Waals surface area contributed by atoms with E-state index in [1.807, 2.05) is 6.07 Å². The van der Waals surface area contributed by atoms with Gasteiger partial charge in [0.1, 0.15) is 5.75 Å². The van der Waals surface area contributed by atoms with E-state index < -0.39 is 0 Å². The van der Waals surface area contributed by atoms with Crippen LogP contribution in [0.15, 0.2) is 18.2 Å². The van der Waals surface area contributed by atoms with Crippen LogP contribution < -0.4 is 15.8 Å². The zero-order valence-electron chi connectivity index (χ0n) is 10.7. The van der Waals surface area contributed by atoms with Crippen LogP contribution in [0.4, 0.5) is 0 Å². The van der Waals surface area contributed by atoms with E-state index >= 15 is 0 Å². The summed E-state index contributed by atoms with van der Waals surface area (Å²) in [7, 11) is 1.71. The molecule has 2 rings (SSSR count). The topological polar surface area (TPSA) is 47.3 Å². The molecule has 0 amide bonds. The predicted octanol–water partition coefficient (Wildman–Crippen LogP) is 2.01. The van der Waals surface area contributed by atoms with Crippen molar-refractivity contribution in [3.05, 3.63) is 29.3 Å². The average molecular weight is 234 g/mol. The first-order valence-corrected chi connectivity index (χ1v) is 6.42. The molecular weight excluding hydrogens is 212 g/mol. The fourth-order valence-electron chi connectivity index (χ4n) is 2.50. The summed E-state index contributed by atoms with van der Waals surface area (Å²) in [5, 5.41) is 3.46. The Hall–Kier alpha value is -1.06. The molecule has 1 fully saturated rings. The first kappa shape index (κ1) is 12.4. The molecule has 0 aromatic heterocycles. The smallest absolute Gasteiger partial charge is 0.123 e. The van der Waals surface area contributed by atoms with Crippen LogP contribution in [0.25, 0.3) is 0 Å². The van der Waals surface area contributed by atoms with Crippen molar-refractivity contribution in [2.75, 3.05) is 13.7 Å². The molecule has 1 aliphatic heterocycles. The molecule has 0 aliphatic carbocycles. The lowest BCUT2D eigenvalue weighted by Crippen LogP contribution is -2.34. The van der Waals surface area contributed by atoms with Gasteiger partial charge in [-0.2, -0.15) is 0 Å². The van der Waals surface area contributed by atoms with E-state index in [4.69, 9.17) is 10.5 Å². The van der Waals surface area contributed by atoms with Crippen molar-refractivity contribution in [1.29, 1.82) is 0 Å². The van der Waals surface area contributed by atoms with Crippen LogP contribution in [-0.2, 0) is 6.42 Å². The number of hydrogen-bond acceptors (Lipinski definition) is 3. The van der Waals surface area contributed by atoms with Crippen LogP contribution in [-0.4, -0.2) is 19.7 Å². The second-order valence-electron chi connectivity index (χ2n) is 4.66. The summed E-state index contributed by atoms with van der Waals surface area (Å²) in [6.07, 6.45) is 3.40. The molecular formula is C14H22N2O. The molecule has 1 aromatic rings. The maximum atomic E-state index is 6.36. The van der Waals surface area contributed by atoms with Crippen molar-refractivity contribution in [3.63, 3.8) is 0 Å². The van der Waals surface area contributed by atoms with Crippen molar-refractivity contribution in [2.45, 2.75) is 38.3 Å².